The smallest absolute Gasteiger partial charge is 0.164 e. The SMILES string of the molecule is CC1(C)OC(C=O)[C@H](CCO)O1. The van der Waals surface area contributed by atoms with E-state index in [0.717, 1.165) is 6.29 Å². The molecule has 0 aromatic carbocycles. The minimum Gasteiger partial charge on any atom is -0.396 e. The average molecular weight is 174 g/mol. The summed E-state index contributed by atoms with van der Waals surface area (Å²) in [6.07, 6.45) is 0.316. The van der Waals surface area contributed by atoms with Crippen molar-refractivity contribution in [3.05, 3.63) is 0 Å². The number of carbonyl (C=O) groups excluding carboxylic acids is 1. The first-order valence-electron chi connectivity index (χ1n) is 4.01. The zero-order chi connectivity index (χ0) is 9.19. The van der Waals surface area contributed by atoms with Gasteiger partial charge >= 0.3 is 0 Å². The van der Waals surface area contributed by atoms with Crippen LogP contribution in [0.3, 0.4) is 0 Å². The predicted molar refractivity (Wildman–Crippen MR) is 41.6 cm³/mol. The molecular formula is C8H14O4. The van der Waals surface area contributed by atoms with Crippen LogP contribution in [0.5, 0.6) is 0 Å². The topological polar surface area (TPSA) is 55.8 Å². The third-order valence-corrected chi connectivity index (χ3v) is 1.77. The summed E-state index contributed by atoms with van der Waals surface area (Å²) in [4.78, 5) is 10.5. The standard InChI is InChI=1S/C8H14O4/c1-8(2)11-6(3-4-9)7(5-10)12-8/h5-7,9H,3-4H2,1-2H3/t6-,7?/m0/s1. The Bertz CT molecular complexity index is 166. The molecule has 0 amide bonds. The second kappa shape index (κ2) is 3.51. The Balaban J connectivity index is 2.56. The van der Waals surface area contributed by atoms with Crippen molar-refractivity contribution in [3.8, 4) is 0 Å². The van der Waals surface area contributed by atoms with E-state index < -0.39 is 11.9 Å². The van der Waals surface area contributed by atoms with E-state index in [0.29, 0.717) is 6.42 Å². The zero-order valence-electron chi connectivity index (χ0n) is 7.32. The maximum atomic E-state index is 10.5. The van der Waals surface area contributed by atoms with Crippen LogP contribution in [0.2, 0.25) is 0 Å². The van der Waals surface area contributed by atoms with Crippen LogP contribution in [0, 0.1) is 0 Å². The van der Waals surface area contributed by atoms with Crippen molar-refractivity contribution in [3.63, 3.8) is 0 Å². The third-order valence-electron chi connectivity index (χ3n) is 1.77. The quantitative estimate of drug-likeness (QED) is 0.616. The molecule has 0 bridgehead atoms. The summed E-state index contributed by atoms with van der Waals surface area (Å²) in [5, 5.41) is 8.66. The molecule has 1 aliphatic heterocycles. The highest BCUT2D eigenvalue weighted by Gasteiger charge is 2.40. The van der Waals surface area contributed by atoms with E-state index >= 15 is 0 Å². The molecule has 0 aromatic rings. The maximum absolute atomic E-state index is 10.5. The highest BCUT2D eigenvalue weighted by atomic mass is 16.8. The Morgan fingerprint density at radius 3 is 2.67 bits per heavy atom. The summed E-state index contributed by atoms with van der Waals surface area (Å²) >= 11 is 0. The van der Waals surface area contributed by atoms with E-state index in [1.807, 2.05) is 0 Å². The Morgan fingerprint density at radius 1 is 1.50 bits per heavy atom. The first-order chi connectivity index (χ1) is 5.59. The second-order valence-electron chi connectivity index (χ2n) is 3.29. The Morgan fingerprint density at radius 2 is 2.17 bits per heavy atom. The van der Waals surface area contributed by atoms with Gasteiger partial charge in [0.25, 0.3) is 0 Å². The summed E-state index contributed by atoms with van der Waals surface area (Å²) < 4.78 is 10.6. The van der Waals surface area contributed by atoms with Crippen LogP contribution in [0.25, 0.3) is 0 Å². The van der Waals surface area contributed by atoms with Crippen molar-refractivity contribution in [1.82, 2.24) is 0 Å². The van der Waals surface area contributed by atoms with Gasteiger partial charge < -0.3 is 19.4 Å². The molecule has 1 rings (SSSR count). The van der Waals surface area contributed by atoms with Gasteiger partial charge in [0, 0.05) is 6.61 Å². The lowest BCUT2D eigenvalue weighted by atomic mass is 10.2. The molecule has 1 unspecified atom stereocenters. The van der Waals surface area contributed by atoms with E-state index in [2.05, 4.69) is 0 Å². The molecule has 2 atom stereocenters. The van der Waals surface area contributed by atoms with Gasteiger partial charge in [0.05, 0.1) is 6.10 Å². The highest BCUT2D eigenvalue weighted by molar-refractivity contribution is 5.57. The lowest BCUT2D eigenvalue weighted by Gasteiger charge is -2.16. The van der Waals surface area contributed by atoms with Crippen molar-refractivity contribution >= 4 is 6.29 Å². The van der Waals surface area contributed by atoms with Gasteiger partial charge in [-0.25, -0.2) is 0 Å². The summed E-state index contributed by atoms with van der Waals surface area (Å²) in [6, 6.07) is 0. The predicted octanol–water partition coefficient (Wildman–Crippen LogP) is 0.0878. The molecule has 1 aliphatic rings. The van der Waals surface area contributed by atoms with Gasteiger partial charge in [-0.2, -0.15) is 0 Å². The maximum Gasteiger partial charge on any atom is 0.164 e. The van der Waals surface area contributed by atoms with Crippen LogP contribution in [-0.4, -0.2) is 36.0 Å². The number of hydrogen-bond donors (Lipinski definition) is 1. The van der Waals surface area contributed by atoms with Gasteiger partial charge in [0.15, 0.2) is 12.1 Å². The second-order valence-corrected chi connectivity index (χ2v) is 3.29. The normalized spacial score (nSPS) is 33.6. The van der Waals surface area contributed by atoms with Crippen LogP contribution >= 0.6 is 0 Å². The number of rotatable bonds is 3. The fourth-order valence-electron chi connectivity index (χ4n) is 1.33. The van der Waals surface area contributed by atoms with E-state index in [9.17, 15) is 4.79 Å². The Kier molecular flexibility index (Phi) is 2.82. The third kappa shape index (κ3) is 2.03. The number of hydrogen-bond acceptors (Lipinski definition) is 4. The minimum absolute atomic E-state index is 0.00838. The van der Waals surface area contributed by atoms with E-state index in [1.165, 1.54) is 0 Å². The number of aliphatic hydroxyl groups is 1. The monoisotopic (exact) mass is 174 g/mol. The van der Waals surface area contributed by atoms with Gasteiger partial charge in [-0.05, 0) is 20.3 Å². The summed E-state index contributed by atoms with van der Waals surface area (Å²) in [5.74, 6) is -0.703. The van der Waals surface area contributed by atoms with Crippen LogP contribution < -0.4 is 0 Å². The molecule has 1 fully saturated rings. The molecule has 0 spiro atoms. The lowest BCUT2D eigenvalue weighted by Crippen LogP contribution is -2.24. The van der Waals surface area contributed by atoms with E-state index in [1.54, 1.807) is 13.8 Å². The van der Waals surface area contributed by atoms with Gasteiger partial charge in [0.1, 0.15) is 6.10 Å². The van der Waals surface area contributed by atoms with E-state index in [-0.39, 0.29) is 12.7 Å². The molecule has 4 nitrogen and oxygen atoms in total. The van der Waals surface area contributed by atoms with Gasteiger partial charge in [0.2, 0.25) is 0 Å². The summed E-state index contributed by atoms with van der Waals surface area (Å²) in [6.45, 7) is 3.51. The van der Waals surface area contributed by atoms with Crippen molar-refractivity contribution < 1.29 is 19.4 Å². The number of aliphatic hydroxyl groups excluding tert-OH is 1. The molecule has 1 N–H and O–H groups in total. The first-order valence-corrected chi connectivity index (χ1v) is 4.01. The molecule has 0 radical (unpaired) electrons. The molecule has 0 saturated carbocycles. The molecule has 70 valence electrons. The van der Waals surface area contributed by atoms with Crippen LogP contribution in [-0.2, 0) is 14.3 Å². The van der Waals surface area contributed by atoms with Crippen LogP contribution in [0.1, 0.15) is 20.3 Å². The van der Waals surface area contributed by atoms with E-state index in [4.69, 9.17) is 14.6 Å². The lowest BCUT2D eigenvalue weighted by molar-refractivity contribution is -0.150. The summed E-state index contributed by atoms with van der Waals surface area (Å²) in [5.41, 5.74) is 0. The van der Waals surface area contributed by atoms with Gasteiger partial charge in [-0.15, -0.1) is 0 Å². The van der Waals surface area contributed by atoms with Crippen LogP contribution in [0.4, 0.5) is 0 Å². The van der Waals surface area contributed by atoms with Gasteiger partial charge in [-0.3, -0.25) is 0 Å². The molecule has 4 heteroatoms. The zero-order valence-corrected chi connectivity index (χ0v) is 7.32. The number of carbonyl (C=O) groups is 1. The molecule has 0 aliphatic carbocycles. The van der Waals surface area contributed by atoms with Crippen molar-refractivity contribution in [2.24, 2.45) is 0 Å². The largest absolute Gasteiger partial charge is 0.396 e. The molecule has 0 aromatic heterocycles. The molecule has 1 saturated heterocycles. The molecule has 1 heterocycles. The van der Waals surface area contributed by atoms with Gasteiger partial charge in [-0.1, -0.05) is 0 Å². The number of ether oxygens (including phenoxy) is 2. The Labute approximate surface area is 71.5 Å². The summed E-state index contributed by atoms with van der Waals surface area (Å²) in [7, 11) is 0. The molecule has 12 heavy (non-hydrogen) atoms. The fraction of sp³-hybridized carbons (Fsp3) is 0.875. The van der Waals surface area contributed by atoms with Crippen LogP contribution in [0.15, 0.2) is 0 Å². The minimum atomic E-state index is -0.703. The van der Waals surface area contributed by atoms with Crippen molar-refractivity contribution in [1.29, 1.82) is 0 Å². The van der Waals surface area contributed by atoms with Crippen molar-refractivity contribution in [2.45, 2.75) is 38.3 Å². The molecular weight excluding hydrogens is 160 g/mol. The highest BCUT2D eigenvalue weighted by Crippen LogP contribution is 2.28. The Hall–Kier alpha value is -0.450. The average Bonchev–Trinajstić information content (AvgIpc) is 2.26. The van der Waals surface area contributed by atoms with Crippen molar-refractivity contribution in [2.75, 3.05) is 6.61 Å². The first kappa shape index (κ1) is 9.64. The number of aldehydes is 1. The fourth-order valence-corrected chi connectivity index (χ4v) is 1.33.